The summed E-state index contributed by atoms with van der Waals surface area (Å²) in [6.45, 7) is 3.92. The van der Waals surface area contributed by atoms with E-state index >= 15 is 0 Å². The maximum Gasteiger partial charge on any atom is 0.337 e. The van der Waals surface area contributed by atoms with E-state index in [4.69, 9.17) is 9.47 Å². The van der Waals surface area contributed by atoms with E-state index in [-0.39, 0.29) is 29.5 Å². The van der Waals surface area contributed by atoms with Gasteiger partial charge in [0.1, 0.15) is 5.76 Å². The first kappa shape index (κ1) is 12.2. The van der Waals surface area contributed by atoms with E-state index in [1.165, 1.54) is 0 Å². The van der Waals surface area contributed by atoms with Gasteiger partial charge in [-0.25, -0.2) is 4.79 Å². The Morgan fingerprint density at radius 1 is 1.35 bits per heavy atom. The molecule has 106 valence electrons. The van der Waals surface area contributed by atoms with Crippen molar-refractivity contribution in [1.82, 2.24) is 0 Å². The van der Waals surface area contributed by atoms with E-state index in [0.29, 0.717) is 29.8 Å². The molecule has 20 heavy (non-hydrogen) atoms. The van der Waals surface area contributed by atoms with E-state index in [0.717, 1.165) is 6.42 Å². The summed E-state index contributed by atoms with van der Waals surface area (Å²) in [6, 6.07) is 0. The summed E-state index contributed by atoms with van der Waals surface area (Å²) in [5.74, 6) is 1.44. The van der Waals surface area contributed by atoms with Gasteiger partial charge in [-0.3, -0.25) is 4.79 Å². The average molecular weight is 274 g/mol. The lowest BCUT2D eigenvalue weighted by Crippen LogP contribution is -2.27. The van der Waals surface area contributed by atoms with E-state index in [1.54, 1.807) is 13.8 Å². The summed E-state index contributed by atoms with van der Waals surface area (Å²) in [7, 11) is 0. The molecule has 0 aromatic carbocycles. The maximum atomic E-state index is 12.6. The monoisotopic (exact) mass is 274 g/mol. The predicted molar refractivity (Wildman–Crippen MR) is 70.4 cm³/mol. The molecule has 4 nitrogen and oxygen atoms in total. The fourth-order valence-corrected chi connectivity index (χ4v) is 4.77. The molecule has 2 bridgehead atoms. The van der Waals surface area contributed by atoms with Crippen LogP contribution in [0.3, 0.4) is 0 Å². The Balaban J connectivity index is 1.73. The molecule has 1 aliphatic heterocycles. The zero-order valence-electron chi connectivity index (χ0n) is 11.7. The topological polar surface area (TPSA) is 52.6 Å². The number of allylic oxidation sites excluding steroid dienone is 3. The molecule has 2 saturated carbocycles. The van der Waals surface area contributed by atoms with E-state index < -0.39 is 6.10 Å². The number of esters is 1. The Hall–Kier alpha value is -1.58. The third-order valence-electron chi connectivity index (χ3n) is 5.38. The van der Waals surface area contributed by atoms with Crippen molar-refractivity contribution in [3.63, 3.8) is 0 Å². The smallest absolute Gasteiger partial charge is 0.337 e. The van der Waals surface area contributed by atoms with Gasteiger partial charge in [-0.15, -0.1) is 0 Å². The summed E-state index contributed by atoms with van der Waals surface area (Å²) in [5.41, 5.74) is 0.610. The van der Waals surface area contributed by atoms with Crippen LogP contribution in [0.2, 0.25) is 0 Å². The number of Topliss-reactive ketones (excluding diaryl/α,β-unsaturated/α-hetero) is 1. The first-order valence-corrected chi connectivity index (χ1v) is 7.40. The van der Waals surface area contributed by atoms with Gasteiger partial charge in [-0.2, -0.15) is 0 Å². The molecule has 4 aliphatic rings. The highest BCUT2D eigenvalue weighted by Gasteiger charge is 2.64. The lowest BCUT2D eigenvalue weighted by Gasteiger charge is -2.24. The summed E-state index contributed by atoms with van der Waals surface area (Å²) in [6.07, 6.45) is 5.00. The normalized spacial score (nSPS) is 43.8. The number of carbonyl (C=O) groups excluding carboxylic acids is 2. The SMILES string of the molecule is CCOC(=O)C1=C(C)O[C@H]2C(=O)[C@H]3[C@@H]([C@@H]12)[C@H]1C=C[C@@H]3C1. The predicted octanol–water partition coefficient (Wildman–Crippen LogP) is 1.86. The van der Waals surface area contributed by atoms with Gasteiger partial charge in [0, 0.05) is 11.8 Å². The van der Waals surface area contributed by atoms with Crippen molar-refractivity contribution in [2.45, 2.75) is 26.4 Å². The second-order valence-corrected chi connectivity index (χ2v) is 6.21. The van der Waals surface area contributed by atoms with Gasteiger partial charge in [0.2, 0.25) is 0 Å². The number of ether oxygens (including phenoxy) is 2. The van der Waals surface area contributed by atoms with Crippen LogP contribution in [0.15, 0.2) is 23.5 Å². The van der Waals surface area contributed by atoms with Crippen LogP contribution in [0.4, 0.5) is 0 Å². The van der Waals surface area contributed by atoms with Crippen molar-refractivity contribution >= 4 is 11.8 Å². The molecule has 1 heterocycles. The number of rotatable bonds is 2. The fraction of sp³-hybridized carbons (Fsp3) is 0.625. The molecule has 0 N–H and O–H groups in total. The summed E-state index contributed by atoms with van der Waals surface area (Å²) < 4.78 is 10.9. The Bertz CT molecular complexity index is 559. The quantitative estimate of drug-likeness (QED) is 0.569. The van der Waals surface area contributed by atoms with Gasteiger partial charge in [0.25, 0.3) is 0 Å². The number of carbonyl (C=O) groups is 2. The highest BCUT2D eigenvalue weighted by atomic mass is 16.5. The van der Waals surface area contributed by atoms with Gasteiger partial charge in [-0.05, 0) is 38.0 Å². The molecule has 0 amide bonds. The number of fused-ring (bicyclic) bond motifs is 7. The molecule has 0 saturated heterocycles. The molecule has 0 spiro atoms. The zero-order chi connectivity index (χ0) is 14.0. The van der Waals surface area contributed by atoms with E-state index in [2.05, 4.69) is 12.2 Å². The Labute approximate surface area is 117 Å². The highest BCUT2D eigenvalue weighted by molar-refractivity contribution is 5.97. The van der Waals surface area contributed by atoms with Gasteiger partial charge in [0.05, 0.1) is 12.2 Å². The largest absolute Gasteiger partial charge is 0.486 e. The molecule has 0 aromatic heterocycles. The second-order valence-electron chi connectivity index (χ2n) is 6.21. The first-order valence-electron chi connectivity index (χ1n) is 7.40. The molecule has 2 fully saturated rings. The van der Waals surface area contributed by atoms with Crippen molar-refractivity contribution in [2.24, 2.45) is 29.6 Å². The Morgan fingerprint density at radius 3 is 2.85 bits per heavy atom. The summed E-state index contributed by atoms with van der Waals surface area (Å²) in [4.78, 5) is 24.8. The van der Waals surface area contributed by atoms with Crippen LogP contribution in [0.25, 0.3) is 0 Å². The number of hydrogen-bond donors (Lipinski definition) is 0. The zero-order valence-corrected chi connectivity index (χ0v) is 11.7. The third kappa shape index (κ3) is 1.32. The highest BCUT2D eigenvalue weighted by Crippen LogP contribution is 2.60. The van der Waals surface area contributed by atoms with Crippen LogP contribution in [0, 0.1) is 29.6 Å². The summed E-state index contributed by atoms with van der Waals surface area (Å²) >= 11 is 0. The fourth-order valence-electron chi connectivity index (χ4n) is 4.77. The van der Waals surface area contributed by atoms with Crippen LogP contribution < -0.4 is 0 Å². The van der Waals surface area contributed by atoms with E-state index in [9.17, 15) is 9.59 Å². The Morgan fingerprint density at radius 2 is 2.10 bits per heavy atom. The minimum absolute atomic E-state index is 0.0533. The minimum atomic E-state index is -0.449. The Kier molecular flexibility index (Phi) is 2.41. The molecule has 0 aromatic rings. The van der Waals surface area contributed by atoms with Crippen LogP contribution in [0.1, 0.15) is 20.3 Å². The summed E-state index contributed by atoms with van der Waals surface area (Å²) in [5, 5.41) is 0. The van der Waals surface area contributed by atoms with Crippen LogP contribution in [0.5, 0.6) is 0 Å². The van der Waals surface area contributed by atoms with Crippen molar-refractivity contribution < 1.29 is 19.1 Å². The molecule has 6 atom stereocenters. The second kappa shape index (κ2) is 3.96. The molecule has 3 aliphatic carbocycles. The minimum Gasteiger partial charge on any atom is -0.486 e. The number of ketones is 1. The maximum absolute atomic E-state index is 12.6. The number of hydrogen-bond acceptors (Lipinski definition) is 4. The van der Waals surface area contributed by atoms with Crippen LogP contribution in [-0.2, 0) is 19.1 Å². The molecule has 4 rings (SSSR count). The lowest BCUT2D eigenvalue weighted by atomic mass is 9.78. The average Bonchev–Trinajstić information content (AvgIpc) is 3.12. The molecular formula is C16H18O4. The van der Waals surface area contributed by atoms with E-state index in [1.807, 2.05) is 0 Å². The van der Waals surface area contributed by atoms with Gasteiger partial charge in [0.15, 0.2) is 11.9 Å². The van der Waals surface area contributed by atoms with Crippen LogP contribution >= 0.6 is 0 Å². The lowest BCUT2D eigenvalue weighted by molar-refractivity contribution is -0.139. The molecular weight excluding hydrogens is 256 g/mol. The van der Waals surface area contributed by atoms with Crippen molar-refractivity contribution in [2.75, 3.05) is 6.61 Å². The molecule has 0 radical (unpaired) electrons. The third-order valence-corrected chi connectivity index (χ3v) is 5.38. The first-order chi connectivity index (χ1) is 9.63. The van der Waals surface area contributed by atoms with Gasteiger partial charge >= 0.3 is 5.97 Å². The standard InChI is InChI=1S/C16H18O4/c1-3-19-16(18)10-7(2)20-15-13(10)11-8-4-5-9(6-8)12(11)14(15)17/h4-5,8-9,11-13,15H,3,6H2,1-2H3/t8-,9+,11-,12+,13+,15+/m0/s1. The van der Waals surface area contributed by atoms with Crippen molar-refractivity contribution in [3.8, 4) is 0 Å². The van der Waals surface area contributed by atoms with Crippen molar-refractivity contribution in [1.29, 1.82) is 0 Å². The van der Waals surface area contributed by atoms with Gasteiger partial charge in [-0.1, -0.05) is 12.2 Å². The van der Waals surface area contributed by atoms with Crippen LogP contribution in [-0.4, -0.2) is 24.5 Å². The molecule has 4 heteroatoms. The van der Waals surface area contributed by atoms with Crippen molar-refractivity contribution in [3.05, 3.63) is 23.5 Å². The van der Waals surface area contributed by atoms with Gasteiger partial charge < -0.3 is 9.47 Å². The molecule has 0 unspecified atom stereocenters.